The summed E-state index contributed by atoms with van der Waals surface area (Å²) in [5, 5.41) is 2.99. The summed E-state index contributed by atoms with van der Waals surface area (Å²) in [5.41, 5.74) is 7.17. The highest BCUT2D eigenvalue weighted by Gasteiger charge is 2.43. The van der Waals surface area contributed by atoms with Gasteiger partial charge in [-0.2, -0.15) is 0 Å². The predicted molar refractivity (Wildman–Crippen MR) is 111 cm³/mol. The van der Waals surface area contributed by atoms with Gasteiger partial charge >= 0.3 is 0 Å². The molecule has 0 radical (unpaired) electrons. The number of anilines is 2. The number of aryl methyl sites for hydroxylation is 1. The molecule has 3 N–H and O–H groups in total. The van der Waals surface area contributed by atoms with E-state index in [1.165, 1.54) is 30.4 Å². The number of hydrogen-bond donors (Lipinski definition) is 2. The molecule has 4 rings (SSSR count). The molecule has 150 valence electrons. The zero-order valence-corrected chi connectivity index (χ0v) is 16.3. The van der Waals surface area contributed by atoms with Crippen LogP contribution in [0.3, 0.4) is 0 Å². The first kappa shape index (κ1) is 19.2. The number of nitrogens with two attached hydrogens (primary N) is 1. The van der Waals surface area contributed by atoms with E-state index in [9.17, 15) is 9.59 Å². The Morgan fingerprint density at radius 1 is 1.07 bits per heavy atom. The van der Waals surface area contributed by atoms with Crippen LogP contribution in [0, 0.1) is 0 Å². The van der Waals surface area contributed by atoms with Crippen LogP contribution in [0.25, 0.3) is 0 Å². The van der Waals surface area contributed by atoms with Crippen LogP contribution >= 0.6 is 0 Å². The van der Waals surface area contributed by atoms with Crippen LogP contribution in [0.15, 0.2) is 33.9 Å². The van der Waals surface area contributed by atoms with Crippen LogP contribution in [0.4, 0.5) is 11.4 Å². The van der Waals surface area contributed by atoms with Crippen molar-refractivity contribution in [1.82, 2.24) is 4.90 Å². The second kappa shape index (κ2) is 8.05. The molecule has 1 atom stereocenters. The van der Waals surface area contributed by atoms with Gasteiger partial charge in [-0.3, -0.25) is 14.5 Å². The third kappa shape index (κ3) is 3.35. The summed E-state index contributed by atoms with van der Waals surface area (Å²) in [4.78, 5) is 25.2. The normalized spacial score (nSPS) is 22.9. The Morgan fingerprint density at radius 2 is 1.86 bits per heavy atom. The van der Waals surface area contributed by atoms with Crippen LogP contribution < -0.4 is 21.9 Å². The molecule has 2 aromatic carbocycles. The van der Waals surface area contributed by atoms with Gasteiger partial charge in [0.25, 0.3) is 10.9 Å². The first-order valence-electron chi connectivity index (χ1n) is 10.4. The van der Waals surface area contributed by atoms with Crippen molar-refractivity contribution in [3.8, 4) is 0 Å². The average molecular weight is 383 g/mol. The van der Waals surface area contributed by atoms with Crippen molar-refractivity contribution in [3.05, 3.63) is 55.8 Å². The first-order valence-corrected chi connectivity index (χ1v) is 10.4. The molecule has 0 aromatic heterocycles. The van der Waals surface area contributed by atoms with Crippen molar-refractivity contribution >= 4 is 11.4 Å². The number of nitrogen functional groups attached to an aromatic ring is 1. The Bertz CT molecular complexity index is 897. The Labute approximate surface area is 165 Å². The molecule has 1 aliphatic carbocycles. The van der Waals surface area contributed by atoms with Crippen molar-refractivity contribution in [2.24, 2.45) is 0 Å². The molecular weight excluding hydrogens is 354 g/mol. The number of piperidine rings is 1. The third-order valence-electron chi connectivity index (χ3n) is 6.18. The van der Waals surface area contributed by atoms with Gasteiger partial charge in [-0.1, -0.05) is 30.7 Å². The van der Waals surface area contributed by atoms with Crippen molar-refractivity contribution in [1.29, 1.82) is 0 Å². The number of fused-ring (bicyclic) bond motifs is 1. The quantitative estimate of drug-likeness (QED) is 0.564. The fourth-order valence-electron chi connectivity index (χ4n) is 4.71. The van der Waals surface area contributed by atoms with Gasteiger partial charge < -0.3 is 15.8 Å². The van der Waals surface area contributed by atoms with Gasteiger partial charge in [0, 0.05) is 25.2 Å². The van der Waals surface area contributed by atoms with E-state index < -0.39 is 10.9 Å². The maximum absolute atomic E-state index is 11.5. The van der Waals surface area contributed by atoms with E-state index in [0.717, 1.165) is 38.8 Å². The molecule has 1 saturated heterocycles. The fourth-order valence-corrected chi connectivity index (χ4v) is 4.71. The fraction of sp³-hybridized carbons (Fsp3) is 0.545. The van der Waals surface area contributed by atoms with Gasteiger partial charge in [-0.25, -0.2) is 0 Å². The Kier molecular flexibility index (Phi) is 5.51. The number of nitrogens with one attached hydrogen (secondary N) is 1. The second-order valence-electron chi connectivity index (χ2n) is 7.92. The van der Waals surface area contributed by atoms with E-state index in [1.807, 2.05) is 0 Å². The largest absolute Gasteiger partial charge is 0.394 e. The summed E-state index contributed by atoms with van der Waals surface area (Å²) >= 11 is 0. The smallest absolute Gasteiger partial charge is 0.253 e. The van der Waals surface area contributed by atoms with Crippen molar-refractivity contribution < 1.29 is 4.74 Å². The van der Waals surface area contributed by atoms with Crippen molar-refractivity contribution in [2.75, 3.05) is 37.3 Å². The summed E-state index contributed by atoms with van der Waals surface area (Å²) in [6.45, 7) is 3.30. The van der Waals surface area contributed by atoms with E-state index in [-0.39, 0.29) is 17.1 Å². The Balaban J connectivity index is 1.44. The van der Waals surface area contributed by atoms with Gasteiger partial charge in [-0.15, -0.1) is 0 Å². The van der Waals surface area contributed by atoms with Crippen LogP contribution in [-0.4, -0.2) is 31.1 Å². The third-order valence-corrected chi connectivity index (χ3v) is 6.18. The molecule has 0 spiro atoms. The molecule has 1 heterocycles. The molecule has 0 saturated carbocycles. The topological polar surface area (TPSA) is 84.7 Å². The number of hydrogen-bond acceptors (Lipinski definition) is 6. The molecular formula is C22H29N3O3. The van der Waals surface area contributed by atoms with E-state index >= 15 is 0 Å². The SMILES string of the molecule is Nc1c(NCCCOC2(N3CCCCC3)CCCc3ccccc32)c(=O)c1=O. The van der Waals surface area contributed by atoms with Crippen LogP contribution in [-0.2, 0) is 16.9 Å². The molecule has 1 aliphatic heterocycles. The van der Waals surface area contributed by atoms with Gasteiger partial charge in [0.1, 0.15) is 17.1 Å². The average Bonchev–Trinajstić information content (AvgIpc) is 2.76. The predicted octanol–water partition coefficient (Wildman–Crippen LogP) is 2.36. The summed E-state index contributed by atoms with van der Waals surface area (Å²) < 4.78 is 6.63. The molecule has 1 unspecified atom stereocenters. The summed E-state index contributed by atoms with van der Waals surface area (Å²) in [7, 11) is 0. The lowest BCUT2D eigenvalue weighted by molar-refractivity contribution is -0.180. The number of ether oxygens (including phenoxy) is 1. The minimum Gasteiger partial charge on any atom is -0.394 e. The zero-order valence-electron chi connectivity index (χ0n) is 16.3. The second-order valence-corrected chi connectivity index (χ2v) is 7.92. The van der Waals surface area contributed by atoms with E-state index in [4.69, 9.17) is 10.5 Å². The lowest BCUT2D eigenvalue weighted by atomic mass is 9.82. The maximum Gasteiger partial charge on any atom is 0.253 e. The van der Waals surface area contributed by atoms with E-state index in [0.29, 0.717) is 13.2 Å². The molecule has 1 fully saturated rings. The molecule has 6 heteroatoms. The lowest BCUT2D eigenvalue weighted by Gasteiger charge is -2.48. The number of rotatable bonds is 7. The first-order chi connectivity index (χ1) is 13.6. The zero-order chi connectivity index (χ0) is 19.6. The van der Waals surface area contributed by atoms with Gasteiger partial charge in [0.2, 0.25) is 0 Å². The number of likely N-dealkylation sites (tertiary alicyclic amines) is 1. The monoisotopic (exact) mass is 383 g/mol. The lowest BCUT2D eigenvalue weighted by Crippen LogP contribution is -2.52. The summed E-state index contributed by atoms with van der Waals surface area (Å²) in [6.07, 6.45) is 7.74. The van der Waals surface area contributed by atoms with Gasteiger partial charge in [0.05, 0.1) is 6.61 Å². The maximum atomic E-state index is 11.5. The van der Waals surface area contributed by atoms with E-state index in [2.05, 4.69) is 34.5 Å². The van der Waals surface area contributed by atoms with Crippen LogP contribution in [0.5, 0.6) is 0 Å². The molecule has 0 bridgehead atoms. The van der Waals surface area contributed by atoms with Gasteiger partial charge in [0.15, 0.2) is 0 Å². The minimum atomic E-state index is -0.582. The van der Waals surface area contributed by atoms with Crippen molar-refractivity contribution in [2.45, 2.75) is 50.7 Å². The van der Waals surface area contributed by atoms with Crippen molar-refractivity contribution in [3.63, 3.8) is 0 Å². The highest BCUT2D eigenvalue weighted by Crippen LogP contribution is 2.42. The van der Waals surface area contributed by atoms with Gasteiger partial charge in [-0.05, 0) is 44.1 Å². The molecule has 2 aromatic rings. The summed E-state index contributed by atoms with van der Waals surface area (Å²) in [5.74, 6) is 0. The number of nitrogens with zero attached hydrogens (tertiary/aromatic N) is 1. The molecule has 2 aliphatic rings. The standard InChI is InChI=1S/C22H29N3O3/c23-18-19(21(27)20(18)26)24-12-7-15-28-22(25-13-4-1-5-14-25)11-6-9-16-8-2-3-10-17(16)22/h2-3,8,10,24H,1,4-7,9,11-15,23H2. The number of benzene rings is 1. The molecule has 28 heavy (non-hydrogen) atoms. The van der Waals surface area contributed by atoms with E-state index in [1.54, 1.807) is 0 Å². The highest BCUT2D eigenvalue weighted by molar-refractivity contribution is 5.71. The molecule has 6 nitrogen and oxygen atoms in total. The Hall–Kier alpha value is -2.18. The van der Waals surface area contributed by atoms with Crippen LogP contribution in [0.1, 0.15) is 49.7 Å². The van der Waals surface area contributed by atoms with Crippen LogP contribution in [0.2, 0.25) is 0 Å². The Morgan fingerprint density at radius 3 is 2.64 bits per heavy atom. The summed E-state index contributed by atoms with van der Waals surface area (Å²) in [6, 6.07) is 8.68. The highest BCUT2D eigenvalue weighted by atomic mass is 16.5. The minimum absolute atomic E-state index is 0.0527. The molecule has 0 amide bonds.